The molecule has 2 rings (SSSR count). The standard InChI is InChI=1S/C15H15ClN2O2/c1-19-14-7-6-11(15(9-14)20-2)10-17-18-13-5-3-4-12(16)8-13/h3-10,18H,1-2H3/b17-10-. The Morgan fingerprint density at radius 3 is 2.65 bits per heavy atom. The second kappa shape index (κ2) is 6.82. The number of ether oxygens (including phenoxy) is 2. The van der Waals surface area contributed by atoms with E-state index in [4.69, 9.17) is 21.1 Å². The van der Waals surface area contributed by atoms with Crippen LogP contribution in [0.3, 0.4) is 0 Å². The summed E-state index contributed by atoms with van der Waals surface area (Å²) in [5.74, 6) is 1.43. The molecule has 0 aromatic heterocycles. The van der Waals surface area contributed by atoms with Crippen molar-refractivity contribution >= 4 is 23.5 Å². The summed E-state index contributed by atoms with van der Waals surface area (Å²) < 4.78 is 10.4. The van der Waals surface area contributed by atoms with Gasteiger partial charge in [-0.15, -0.1) is 0 Å². The third-order valence-corrected chi connectivity index (χ3v) is 2.90. The topological polar surface area (TPSA) is 42.8 Å². The van der Waals surface area contributed by atoms with E-state index in [1.54, 1.807) is 32.6 Å². The zero-order valence-electron chi connectivity index (χ0n) is 11.3. The maximum atomic E-state index is 5.90. The molecule has 0 radical (unpaired) electrons. The van der Waals surface area contributed by atoms with E-state index in [0.29, 0.717) is 10.8 Å². The quantitative estimate of drug-likeness (QED) is 0.673. The Morgan fingerprint density at radius 2 is 1.95 bits per heavy atom. The van der Waals surface area contributed by atoms with Crippen molar-refractivity contribution < 1.29 is 9.47 Å². The van der Waals surface area contributed by atoms with E-state index in [0.717, 1.165) is 17.0 Å². The van der Waals surface area contributed by atoms with Gasteiger partial charge >= 0.3 is 0 Å². The Labute approximate surface area is 123 Å². The third-order valence-electron chi connectivity index (χ3n) is 2.66. The van der Waals surface area contributed by atoms with E-state index < -0.39 is 0 Å². The van der Waals surface area contributed by atoms with Gasteiger partial charge in [-0.05, 0) is 30.3 Å². The molecule has 0 aliphatic heterocycles. The predicted molar refractivity (Wildman–Crippen MR) is 82.2 cm³/mol. The van der Waals surface area contributed by atoms with Crippen molar-refractivity contribution in [3.05, 3.63) is 53.1 Å². The van der Waals surface area contributed by atoms with Gasteiger partial charge < -0.3 is 9.47 Å². The number of hydrogen-bond acceptors (Lipinski definition) is 4. The molecule has 0 aliphatic carbocycles. The van der Waals surface area contributed by atoms with Crippen molar-refractivity contribution in [2.24, 2.45) is 5.10 Å². The molecule has 0 unspecified atom stereocenters. The zero-order chi connectivity index (χ0) is 14.4. The average Bonchev–Trinajstić information content (AvgIpc) is 2.47. The molecule has 1 N–H and O–H groups in total. The molecule has 0 bridgehead atoms. The monoisotopic (exact) mass is 290 g/mol. The van der Waals surface area contributed by atoms with Gasteiger partial charge in [0, 0.05) is 16.7 Å². The molecule has 0 heterocycles. The molecule has 0 fully saturated rings. The van der Waals surface area contributed by atoms with Crippen LogP contribution in [0.1, 0.15) is 5.56 Å². The van der Waals surface area contributed by atoms with Gasteiger partial charge in [0.2, 0.25) is 0 Å². The number of hydrazone groups is 1. The van der Waals surface area contributed by atoms with Crippen molar-refractivity contribution in [2.45, 2.75) is 0 Å². The number of nitrogens with one attached hydrogen (secondary N) is 1. The van der Waals surface area contributed by atoms with Crippen LogP contribution >= 0.6 is 11.6 Å². The summed E-state index contributed by atoms with van der Waals surface area (Å²) in [6.45, 7) is 0. The van der Waals surface area contributed by atoms with Gasteiger partial charge in [0.15, 0.2) is 0 Å². The maximum absolute atomic E-state index is 5.90. The number of nitrogens with zero attached hydrogens (tertiary/aromatic N) is 1. The van der Waals surface area contributed by atoms with E-state index in [2.05, 4.69) is 10.5 Å². The molecule has 104 valence electrons. The summed E-state index contributed by atoms with van der Waals surface area (Å²) in [4.78, 5) is 0. The fraction of sp³-hybridized carbons (Fsp3) is 0.133. The Bertz CT molecular complexity index is 615. The first kappa shape index (κ1) is 14.2. The number of benzene rings is 2. The van der Waals surface area contributed by atoms with Crippen molar-refractivity contribution in [1.29, 1.82) is 0 Å². The van der Waals surface area contributed by atoms with Gasteiger partial charge in [-0.1, -0.05) is 17.7 Å². The van der Waals surface area contributed by atoms with Crippen molar-refractivity contribution in [3.8, 4) is 11.5 Å². The lowest BCUT2D eigenvalue weighted by molar-refractivity contribution is 0.394. The Morgan fingerprint density at radius 1 is 1.10 bits per heavy atom. The highest BCUT2D eigenvalue weighted by Gasteiger charge is 2.02. The molecular formula is C15H15ClN2O2. The van der Waals surface area contributed by atoms with Crippen LogP contribution in [0, 0.1) is 0 Å². The summed E-state index contributed by atoms with van der Waals surface area (Å²) in [6.07, 6.45) is 1.68. The highest BCUT2D eigenvalue weighted by molar-refractivity contribution is 6.30. The predicted octanol–water partition coefficient (Wildman–Crippen LogP) is 3.80. The summed E-state index contributed by atoms with van der Waals surface area (Å²) in [5.41, 5.74) is 4.58. The number of rotatable bonds is 5. The number of anilines is 1. The fourth-order valence-corrected chi connectivity index (χ4v) is 1.85. The van der Waals surface area contributed by atoms with Crippen LogP contribution in [0.5, 0.6) is 11.5 Å². The lowest BCUT2D eigenvalue weighted by Crippen LogP contribution is -1.95. The van der Waals surface area contributed by atoms with Crippen LogP contribution in [0.15, 0.2) is 47.6 Å². The molecule has 2 aromatic rings. The second-order valence-corrected chi connectivity index (χ2v) is 4.42. The van der Waals surface area contributed by atoms with Crippen LogP contribution in [0.2, 0.25) is 5.02 Å². The van der Waals surface area contributed by atoms with Gasteiger partial charge in [-0.2, -0.15) is 5.10 Å². The molecule has 0 saturated carbocycles. The minimum absolute atomic E-state index is 0.659. The molecule has 2 aromatic carbocycles. The van der Waals surface area contributed by atoms with E-state index >= 15 is 0 Å². The first-order chi connectivity index (χ1) is 9.72. The average molecular weight is 291 g/mol. The fourth-order valence-electron chi connectivity index (χ4n) is 1.66. The van der Waals surface area contributed by atoms with E-state index in [9.17, 15) is 0 Å². The zero-order valence-corrected chi connectivity index (χ0v) is 12.0. The van der Waals surface area contributed by atoms with Crippen LogP contribution in [-0.2, 0) is 0 Å². The van der Waals surface area contributed by atoms with E-state index in [1.165, 1.54) is 0 Å². The molecule has 0 spiro atoms. The lowest BCUT2D eigenvalue weighted by Gasteiger charge is -2.07. The van der Waals surface area contributed by atoms with Crippen molar-refractivity contribution in [2.75, 3.05) is 19.6 Å². The minimum Gasteiger partial charge on any atom is -0.497 e. The highest BCUT2D eigenvalue weighted by Crippen LogP contribution is 2.23. The molecule has 0 atom stereocenters. The Kier molecular flexibility index (Phi) is 4.85. The van der Waals surface area contributed by atoms with Crippen LogP contribution in [-0.4, -0.2) is 20.4 Å². The summed E-state index contributed by atoms with van der Waals surface area (Å²) in [6, 6.07) is 12.9. The molecular weight excluding hydrogens is 276 g/mol. The Hall–Kier alpha value is -2.20. The minimum atomic E-state index is 0.659. The summed E-state index contributed by atoms with van der Waals surface area (Å²) in [7, 11) is 3.22. The van der Waals surface area contributed by atoms with Crippen LogP contribution in [0.25, 0.3) is 0 Å². The lowest BCUT2D eigenvalue weighted by atomic mass is 10.2. The molecule has 0 saturated heterocycles. The first-order valence-corrected chi connectivity index (χ1v) is 6.37. The molecule has 0 aliphatic rings. The second-order valence-electron chi connectivity index (χ2n) is 3.99. The van der Waals surface area contributed by atoms with Gasteiger partial charge in [0.25, 0.3) is 0 Å². The number of halogens is 1. The van der Waals surface area contributed by atoms with E-state index in [-0.39, 0.29) is 0 Å². The number of hydrogen-bond donors (Lipinski definition) is 1. The largest absolute Gasteiger partial charge is 0.497 e. The van der Waals surface area contributed by atoms with Gasteiger partial charge in [0.1, 0.15) is 11.5 Å². The number of methoxy groups -OCH3 is 2. The first-order valence-electron chi connectivity index (χ1n) is 5.99. The van der Waals surface area contributed by atoms with Crippen molar-refractivity contribution in [1.82, 2.24) is 0 Å². The van der Waals surface area contributed by atoms with Gasteiger partial charge in [-0.3, -0.25) is 5.43 Å². The maximum Gasteiger partial charge on any atom is 0.131 e. The summed E-state index contributed by atoms with van der Waals surface area (Å²) >= 11 is 5.90. The smallest absolute Gasteiger partial charge is 0.131 e. The molecule has 5 heteroatoms. The third kappa shape index (κ3) is 3.65. The Balaban J connectivity index is 2.11. The van der Waals surface area contributed by atoms with Crippen LogP contribution < -0.4 is 14.9 Å². The van der Waals surface area contributed by atoms with Crippen molar-refractivity contribution in [3.63, 3.8) is 0 Å². The van der Waals surface area contributed by atoms with Crippen LogP contribution in [0.4, 0.5) is 5.69 Å². The highest BCUT2D eigenvalue weighted by atomic mass is 35.5. The van der Waals surface area contributed by atoms with E-state index in [1.807, 2.05) is 30.3 Å². The molecule has 0 amide bonds. The van der Waals surface area contributed by atoms with Gasteiger partial charge in [0.05, 0.1) is 26.1 Å². The normalized spacial score (nSPS) is 10.6. The SMILES string of the molecule is COc1ccc(/C=N\Nc2cccc(Cl)c2)c(OC)c1. The van der Waals surface area contributed by atoms with Gasteiger partial charge in [-0.25, -0.2) is 0 Å². The summed E-state index contributed by atoms with van der Waals surface area (Å²) in [5, 5.41) is 4.82. The molecule has 20 heavy (non-hydrogen) atoms. The molecule has 4 nitrogen and oxygen atoms in total.